The molecule has 2 N–H and O–H groups in total. The summed E-state index contributed by atoms with van der Waals surface area (Å²) in [5, 5.41) is 13.7. The Bertz CT molecular complexity index is 1460. The van der Waals surface area contributed by atoms with E-state index in [-0.39, 0.29) is 35.3 Å². The SMILES string of the molecule is C[C@]1(O)C[C@@H](n2cnc3cc(OCCN4CCC5(CC4)C(=O)Nc4c(I)cc(Cl)cc45)cc(C(F)(F)F)c32)C1. The van der Waals surface area contributed by atoms with Gasteiger partial charge in [0, 0.05) is 27.2 Å². The smallest absolute Gasteiger partial charge is 0.418 e. The number of aliphatic hydroxyl groups is 1. The number of amides is 1. The van der Waals surface area contributed by atoms with Gasteiger partial charge in [-0.05, 0) is 92.0 Å². The van der Waals surface area contributed by atoms with Crippen molar-refractivity contribution in [1.82, 2.24) is 14.5 Å². The molecule has 6 rings (SSSR count). The summed E-state index contributed by atoms with van der Waals surface area (Å²) in [6.07, 6.45) is -1.16. The maximum atomic E-state index is 14.0. The van der Waals surface area contributed by atoms with Gasteiger partial charge in [-0.2, -0.15) is 13.2 Å². The third kappa shape index (κ3) is 4.78. The van der Waals surface area contributed by atoms with Crippen LogP contribution in [-0.4, -0.2) is 57.3 Å². The molecule has 1 saturated carbocycles. The predicted molar refractivity (Wildman–Crippen MR) is 149 cm³/mol. The highest BCUT2D eigenvalue weighted by Gasteiger charge is 2.49. The van der Waals surface area contributed by atoms with Crippen LogP contribution >= 0.6 is 34.2 Å². The zero-order valence-electron chi connectivity index (χ0n) is 21.1. The van der Waals surface area contributed by atoms with Gasteiger partial charge in [-0.25, -0.2) is 4.98 Å². The van der Waals surface area contributed by atoms with Crippen molar-refractivity contribution < 1.29 is 27.8 Å². The number of rotatable bonds is 5. The Hall–Kier alpha value is -2.09. The summed E-state index contributed by atoms with van der Waals surface area (Å²) in [5.74, 6) is 0.106. The Kier molecular flexibility index (Phi) is 6.59. The number of hydrogen-bond acceptors (Lipinski definition) is 5. The fraction of sp³-hybridized carbons (Fsp3) is 0.481. The Morgan fingerprint density at radius 3 is 2.62 bits per heavy atom. The lowest BCUT2D eigenvalue weighted by atomic mass is 9.73. The third-order valence-electron chi connectivity index (χ3n) is 8.32. The van der Waals surface area contributed by atoms with Crippen LogP contribution in [0.3, 0.4) is 0 Å². The number of alkyl halides is 3. The summed E-state index contributed by atoms with van der Waals surface area (Å²) in [6.45, 7) is 3.71. The number of anilines is 1. The zero-order valence-corrected chi connectivity index (χ0v) is 24.0. The van der Waals surface area contributed by atoms with E-state index in [2.05, 4.69) is 37.8 Å². The Balaban J connectivity index is 1.13. The molecule has 208 valence electrons. The van der Waals surface area contributed by atoms with Crippen LogP contribution in [0.15, 0.2) is 30.6 Å². The van der Waals surface area contributed by atoms with Crippen molar-refractivity contribution in [3.05, 3.63) is 50.3 Å². The molecule has 12 heteroatoms. The average molecular weight is 675 g/mol. The summed E-state index contributed by atoms with van der Waals surface area (Å²) < 4.78 is 50.4. The van der Waals surface area contributed by atoms with Crippen LogP contribution in [0.25, 0.3) is 11.0 Å². The molecule has 1 aliphatic carbocycles. The van der Waals surface area contributed by atoms with Crippen molar-refractivity contribution in [2.24, 2.45) is 0 Å². The number of carbonyl (C=O) groups excluding carboxylic acids is 1. The van der Waals surface area contributed by atoms with Gasteiger partial charge in [0.2, 0.25) is 5.91 Å². The first kappa shape index (κ1) is 27.1. The molecule has 2 fully saturated rings. The van der Waals surface area contributed by atoms with E-state index in [1.54, 1.807) is 6.92 Å². The largest absolute Gasteiger partial charge is 0.492 e. The molecule has 3 aromatic rings. The molecule has 1 aromatic heterocycles. The standard InChI is InChI=1S/C27H27ClF3IN4O3/c1-25(38)12-16(13-25)36-14-33-21-11-17(10-19(23(21)36)27(29,30)31)39-7-6-35-4-2-26(3-5-35)18-8-15(28)9-20(32)22(18)34-24(26)37/h8-11,14,16,38H,2-7,12-13H2,1H3,(H,34,37)/t16-,25+. The molecule has 1 spiro atoms. The number of benzene rings is 2. The summed E-state index contributed by atoms with van der Waals surface area (Å²) in [6, 6.07) is 6.05. The van der Waals surface area contributed by atoms with Gasteiger partial charge in [-0.3, -0.25) is 9.69 Å². The maximum Gasteiger partial charge on any atom is 0.418 e. The topological polar surface area (TPSA) is 79.6 Å². The molecular weight excluding hydrogens is 648 g/mol. The predicted octanol–water partition coefficient (Wildman–Crippen LogP) is 5.76. The number of hydrogen-bond donors (Lipinski definition) is 2. The van der Waals surface area contributed by atoms with Crippen LogP contribution in [0.5, 0.6) is 5.75 Å². The highest BCUT2D eigenvalue weighted by Crippen LogP contribution is 2.48. The number of nitrogens with one attached hydrogen (secondary N) is 1. The molecule has 7 nitrogen and oxygen atoms in total. The van der Waals surface area contributed by atoms with Crippen LogP contribution in [0.4, 0.5) is 18.9 Å². The van der Waals surface area contributed by atoms with E-state index in [1.165, 1.54) is 17.0 Å². The molecule has 1 amide bonds. The number of piperidine rings is 1. The number of aromatic nitrogens is 2. The molecule has 0 bridgehead atoms. The van der Waals surface area contributed by atoms with Gasteiger partial charge in [0.25, 0.3) is 0 Å². The number of halogens is 5. The van der Waals surface area contributed by atoms with E-state index in [9.17, 15) is 23.1 Å². The molecule has 3 heterocycles. The van der Waals surface area contributed by atoms with E-state index in [0.29, 0.717) is 50.3 Å². The monoisotopic (exact) mass is 674 g/mol. The molecule has 1 saturated heterocycles. The van der Waals surface area contributed by atoms with Crippen molar-refractivity contribution in [3.8, 4) is 5.75 Å². The van der Waals surface area contributed by atoms with E-state index in [1.807, 2.05) is 12.1 Å². The minimum absolute atomic E-state index is 0.00785. The Morgan fingerprint density at radius 1 is 1.23 bits per heavy atom. The molecule has 39 heavy (non-hydrogen) atoms. The lowest BCUT2D eigenvalue weighted by Gasteiger charge is -2.41. The second-order valence-electron chi connectivity index (χ2n) is 11.1. The van der Waals surface area contributed by atoms with Crippen LogP contribution in [-0.2, 0) is 16.4 Å². The molecule has 2 aliphatic heterocycles. The van der Waals surface area contributed by atoms with Gasteiger partial charge in [0.05, 0.1) is 39.6 Å². The average Bonchev–Trinajstić information content (AvgIpc) is 3.37. The lowest BCUT2D eigenvalue weighted by Crippen LogP contribution is -2.47. The van der Waals surface area contributed by atoms with Gasteiger partial charge >= 0.3 is 6.18 Å². The fourth-order valence-electron chi connectivity index (χ4n) is 6.25. The quantitative estimate of drug-likeness (QED) is 0.337. The molecule has 2 aromatic carbocycles. The molecular formula is C27H27ClF3IN4O3. The fourth-order valence-corrected chi connectivity index (χ4v) is 7.42. The first-order valence-corrected chi connectivity index (χ1v) is 14.3. The van der Waals surface area contributed by atoms with Crippen molar-refractivity contribution in [3.63, 3.8) is 0 Å². The number of nitrogens with zero attached hydrogens (tertiary/aromatic N) is 3. The Labute approximate surface area is 241 Å². The van der Waals surface area contributed by atoms with E-state index in [4.69, 9.17) is 16.3 Å². The highest BCUT2D eigenvalue weighted by molar-refractivity contribution is 14.1. The van der Waals surface area contributed by atoms with Crippen molar-refractivity contribution in [2.75, 3.05) is 31.6 Å². The van der Waals surface area contributed by atoms with Crippen LogP contribution in [0.1, 0.15) is 49.8 Å². The van der Waals surface area contributed by atoms with Gasteiger partial charge in [-0.15, -0.1) is 0 Å². The second kappa shape index (κ2) is 9.49. The van der Waals surface area contributed by atoms with Gasteiger partial charge < -0.3 is 19.7 Å². The minimum Gasteiger partial charge on any atom is -0.492 e. The van der Waals surface area contributed by atoms with Crippen molar-refractivity contribution >= 4 is 56.8 Å². The number of ether oxygens (including phenoxy) is 1. The zero-order chi connectivity index (χ0) is 27.7. The second-order valence-corrected chi connectivity index (χ2v) is 12.7. The van der Waals surface area contributed by atoms with E-state index in [0.717, 1.165) is 20.9 Å². The Morgan fingerprint density at radius 2 is 1.95 bits per heavy atom. The van der Waals surface area contributed by atoms with Gasteiger partial charge in [0.15, 0.2) is 0 Å². The normalized spacial score (nSPS) is 24.6. The summed E-state index contributed by atoms with van der Waals surface area (Å²) >= 11 is 8.47. The maximum absolute atomic E-state index is 14.0. The lowest BCUT2D eigenvalue weighted by molar-refractivity contribution is -0.136. The van der Waals surface area contributed by atoms with Crippen molar-refractivity contribution in [2.45, 2.75) is 55.8 Å². The van der Waals surface area contributed by atoms with Crippen LogP contribution in [0.2, 0.25) is 5.02 Å². The van der Waals surface area contributed by atoms with Gasteiger partial charge in [0.1, 0.15) is 12.4 Å². The summed E-state index contributed by atoms with van der Waals surface area (Å²) in [4.78, 5) is 19.4. The number of likely N-dealkylation sites (tertiary alicyclic amines) is 1. The summed E-state index contributed by atoms with van der Waals surface area (Å²) in [7, 11) is 0. The molecule has 3 aliphatic rings. The molecule has 0 unspecified atom stereocenters. The van der Waals surface area contributed by atoms with Crippen LogP contribution < -0.4 is 10.1 Å². The first-order chi connectivity index (χ1) is 18.4. The van der Waals surface area contributed by atoms with Crippen molar-refractivity contribution in [1.29, 1.82) is 0 Å². The van der Waals surface area contributed by atoms with E-state index < -0.39 is 22.8 Å². The number of fused-ring (bicyclic) bond motifs is 3. The van der Waals surface area contributed by atoms with Gasteiger partial charge in [-0.1, -0.05) is 11.6 Å². The third-order valence-corrected chi connectivity index (χ3v) is 9.39. The summed E-state index contributed by atoms with van der Waals surface area (Å²) in [5.41, 5.74) is -0.268. The molecule has 0 atom stereocenters. The van der Waals surface area contributed by atoms with Crippen LogP contribution in [0, 0.1) is 3.57 Å². The number of carbonyl (C=O) groups is 1. The molecule has 0 radical (unpaired) electrons. The highest BCUT2D eigenvalue weighted by atomic mass is 127. The first-order valence-electron chi connectivity index (χ1n) is 12.8. The minimum atomic E-state index is -4.58. The van der Waals surface area contributed by atoms with E-state index >= 15 is 0 Å². The number of imidazole rings is 1.